The second-order valence-electron chi connectivity index (χ2n) is 4.41. The number of anilines is 1. The summed E-state index contributed by atoms with van der Waals surface area (Å²) in [7, 11) is -3.60. The van der Waals surface area contributed by atoms with E-state index in [1.54, 1.807) is 13.8 Å². The number of H-pyrrole nitrogens is 1. The highest BCUT2D eigenvalue weighted by atomic mass is 32.2. The van der Waals surface area contributed by atoms with Crippen LogP contribution in [0.4, 0.5) is 5.95 Å². The first kappa shape index (κ1) is 16.1. The minimum Gasteiger partial charge on any atom is -0.291 e. The molecular formula is C13H17N5O3S. The first-order valence-electron chi connectivity index (χ1n) is 6.76. The summed E-state index contributed by atoms with van der Waals surface area (Å²) < 4.78 is 26.2. The van der Waals surface area contributed by atoms with Crippen molar-refractivity contribution in [2.75, 3.05) is 18.4 Å². The first-order chi connectivity index (χ1) is 10.5. The fourth-order valence-electron chi connectivity index (χ4n) is 1.96. The number of aromatic amines is 1. The van der Waals surface area contributed by atoms with E-state index >= 15 is 0 Å². The van der Waals surface area contributed by atoms with Crippen LogP contribution in [0.5, 0.6) is 0 Å². The van der Waals surface area contributed by atoms with Gasteiger partial charge in [-0.05, 0) is 18.2 Å². The van der Waals surface area contributed by atoms with Crippen molar-refractivity contribution in [3.05, 3.63) is 36.2 Å². The maximum absolute atomic E-state index is 12.5. The average molecular weight is 323 g/mol. The van der Waals surface area contributed by atoms with Crippen molar-refractivity contribution in [2.24, 2.45) is 0 Å². The van der Waals surface area contributed by atoms with Crippen LogP contribution in [-0.2, 0) is 10.0 Å². The number of benzene rings is 1. The number of carbonyl (C=O) groups is 1. The Morgan fingerprint density at radius 3 is 2.64 bits per heavy atom. The van der Waals surface area contributed by atoms with Crippen molar-refractivity contribution >= 4 is 21.9 Å². The standard InChI is InChI=1S/C13H17N5O3S/c1-3-18(4-2)22(20,21)11-7-5-6-10(8-11)12(19)16-13-14-9-15-17-13/h5-9H,3-4H2,1-2H3,(H2,14,15,16,17,19). The molecule has 1 aromatic carbocycles. The molecule has 0 saturated carbocycles. The normalized spacial score (nSPS) is 11.6. The van der Waals surface area contributed by atoms with Gasteiger partial charge in [-0.15, -0.1) is 0 Å². The summed E-state index contributed by atoms with van der Waals surface area (Å²) in [5.41, 5.74) is 0.227. The van der Waals surface area contributed by atoms with E-state index in [9.17, 15) is 13.2 Å². The number of hydrogen-bond acceptors (Lipinski definition) is 5. The van der Waals surface area contributed by atoms with Crippen LogP contribution in [0.1, 0.15) is 24.2 Å². The lowest BCUT2D eigenvalue weighted by Gasteiger charge is -2.18. The van der Waals surface area contributed by atoms with Crippen LogP contribution in [-0.4, -0.2) is 46.9 Å². The Labute approximate surface area is 128 Å². The van der Waals surface area contributed by atoms with Gasteiger partial charge in [-0.25, -0.2) is 13.5 Å². The number of rotatable bonds is 6. The largest absolute Gasteiger partial charge is 0.291 e. The zero-order valence-corrected chi connectivity index (χ0v) is 13.1. The molecule has 0 aliphatic rings. The Hall–Kier alpha value is -2.26. The second kappa shape index (κ2) is 6.67. The van der Waals surface area contributed by atoms with Gasteiger partial charge in [0.1, 0.15) is 6.33 Å². The van der Waals surface area contributed by atoms with Crippen LogP contribution in [0.3, 0.4) is 0 Å². The van der Waals surface area contributed by atoms with Crippen molar-refractivity contribution in [3.63, 3.8) is 0 Å². The van der Waals surface area contributed by atoms with E-state index in [1.807, 2.05) is 0 Å². The number of carbonyl (C=O) groups excluding carboxylic acids is 1. The molecular weight excluding hydrogens is 306 g/mol. The summed E-state index contributed by atoms with van der Waals surface area (Å²) in [6.07, 6.45) is 1.26. The van der Waals surface area contributed by atoms with Crippen molar-refractivity contribution in [1.29, 1.82) is 0 Å². The molecule has 2 N–H and O–H groups in total. The highest BCUT2D eigenvalue weighted by Gasteiger charge is 2.22. The summed E-state index contributed by atoms with van der Waals surface area (Å²) >= 11 is 0. The summed E-state index contributed by atoms with van der Waals surface area (Å²) in [6, 6.07) is 5.89. The van der Waals surface area contributed by atoms with Crippen LogP contribution in [0, 0.1) is 0 Å². The molecule has 8 nitrogen and oxygen atoms in total. The molecule has 0 fully saturated rings. The third-order valence-electron chi connectivity index (χ3n) is 3.09. The molecule has 0 radical (unpaired) electrons. The lowest BCUT2D eigenvalue weighted by molar-refractivity contribution is 0.102. The first-order valence-corrected chi connectivity index (χ1v) is 8.20. The van der Waals surface area contributed by atoms with Crippen molar-refractivity contribution in [3.8, 4) is 0 Å². The minimum atomic E-state index is -3.60. The van der Waals surface area contributed by atoms with E-state index < -0.39 is 15.9 Å². The molecule has 0 unspecified atom stereocenters. The lowest BCUT2D eigenvalue weighted by atomic mass is 10.2. The third kappa shape index (κ3) is 3.31. The molecule has 0 aliphatic carbocycles. The van der Waals surface area contributed by atoms with Gasteiger partial charge in [0.15, 0.2) is 0 Å². The number of aromatic nitrogens is 3. The van der Waals surface area contributed by atoms with Crippen molar-refractivity contribution in [1.82, 2.24) is 19.5 Å². The molecule has 1 aromatic heterocycles. The molecule has 0 atom stereocenters. The molecule has 0 bridgehead atoms. The fourth-order valence-corrected chi connectivity index (χ4v) is 3.46. The predicted molar refractivity (Wildman–Crippen MR) is 80.9 cm³/mol. The van der Waals surface area contributed by atoms with Crippen LogP contribution in [0.25, 0.3) is 0 Å². The van der Waals surface area contributed by atoms with Gasteiger partial charge in [-0.2, -0.15) is 14.4 Å². The lowest BCUT2D eigenvalue weighted by Crippen LogP contribution is -2.30. The van der Waals surface area contributed by atoms with Crippen LogP contribution < -0.4 is 5.32 Å². The second-order valence-corrected chi connectivity index (χ2v) is 6.34. The van der Waals surface area contributed by atoms with Gasteiger partial charge in [-0.3, -0.25) is 10.1 Å². The van der Waals surface area contributed by atoms with Crippen molar-refractivity contribution in [2.45, 2.75) is 18.7 Å². The van der Waals surface area contributed by atoms with E-state index in [2.05, 4.69) is 20.5 Å². The minimum absolute atomic E-state index is 0.0846. The van der Waals surface area contributed by atoms with Gasteiger partial charge in [0.25, 0.3) is 5.91 Å². The molecule has 9 heteroatoms. The average Bonchev–Trinajstić information content (AvgIpc) is 3.01. The van der Waals surface area contributed by atoms with Gasteiger partial charge in [0.2, 0.25) is 16.0 Å². The van der Waals surface area contributed by atoms with Gasteiger partial charge in [-0.1, -0.05) is 19.9 Å². The summed E-state index contributed by atoms with van der Waals surface area (Å²) in [5, 5.41) is 8.61. The molecule has 2 aromatic rings. The highest BCUT2D eigenvalue weighted by Crippen LogP contribution is 2.17. The highest BCUT2D eigenvalue weighted by molar-refractivity contribution is 7.89. The Kier molecular flexibility index (Phi) is 4.88. The van der Waals surface area contributed by atoms with E-state index in [1.165, 1.54) is 34.9 Å². The molecule has 1 amide bonds. The third-order valence-corrected chi connectivity index (χ3v) is 5.13. The zero-order chi connectivity index (χ0) is 16.2. The number of hydrogen-bond donors (Lipinski definition) is 2. The molecule has 118 valence electrons. The van der Waals surface area contributed by atoms with E-state index in [4.69, 9.17) is 0 Å². The molecule has 0 aliphatic heterocycles. The Bertz CT molecular complexity index is 739. The van der Waals surface area contributed by atoms with Gasteiger partial charge in [0, 0.05) is 18.7 Å². The number of nitrogens with zero attached hydrogens (tertiary/aromatic N) is 3. The predicted octanol–water partition coefficient (Wildman–Crippen LogP) is 1.09. The van der Waals surface area contributed by atoms with E-state index in [-0.39, 0.29) is 16.4 Å². The Morgan fingerprint density at radius 2 is 2.05 bits per heavy atom. The fraction of sp³-hybridized carbons (Fsp3) is 0.308. The molecule has 0 spiro atoms. The maximum Gasteiger partial charge on any atom is 0.258 e. The topological polar surface area (TPSA) is 108 Å². The number of nitrogens with one attached hydrogen (secondary N) is 2. The Balaban J connectivity index is 2.28. The zero-order valence-electron chi connectivity index (χ0n) is 12.3. The van der Waals surface area contributed by atoms with Crippen LogP contribution in [0.15, 0.2) is 35.5 Å². The van der Waals surface area contributed by atoms with Crippen LogP contribution >= 0.6 is 0 Å². The van der Waals surface area contributed by atoms with Crippen LogP contribution in [0.2, 0.25) is 0 Å². The molecule has 22 heavy (non-hydrogen) atoms. The summed E-state index contributed by atoms with van der Waals surface area (Å²) in [6.45, 7) is 4.27. The van der Waals surface area contributed by atoms with E-state index in [0.29, 0.717) is 13.1 Å². The maximum atomic E-state index is 12.5. The molecule has 1 heterocycles. The summed E-state index contributed by atoms with van der Waals surface area (Å²) in [5.74, 6) is -0.268. The SMILES string of the molecule is CCN(CC)S(=O)(=O)c1cccc(C(=O)Nc2ncn[nH]2)c1. The monoisotopic (exact) mass is 323 g/mol. The van der Waals surface area contributed by atoms with E-state index in [0.717, 1.165) is 0 Å². The summed E-state index contributed by atoms with van der Waals surface area (Å²) in [4.78, 5) is 16.0. The Morgan fingerprint density at radius 1 is 1.32 bits per heavy atom. The van der Waals surface area contributed by atoms with Crippen molar-refractivity contribution < 1.29 is 13.2 Å². The number of sulfonamides is 1. The van der Waals surface area contributed by atoms with Gasteiger partial charge < -0.3 is 0 Å². The van der Waals surface area contributed by atoms with Gasteiger partial charge in [0.05, 0.1) is 4.90 Å². The quantitative estimate of drug-likeness (QED) is 0.827. The smallest absolute Gasteiger partial charge is 0.258 e. The molecule has 0 saturated heterocycles. The van der Waals surface area contributed by atoms with Gasteiger partial charge >= 0.3 is 0 Å². The number of amides is 1. The molecule has 2 rings (SSSR count).